The van der Waals surface area contributed by atoms with Gasteiger partial charge in [-0.1, -0.05) is 11.2 Å². The van der Waals surface area contributed by atoms with Crippen LogP contribution < -0.4 is 4.74 Å². The van der Waals surface area contributed by atoms with E-state index < -0.39 is 5.60 Å². The van der Waals surface area contributed by atoms with E-state index in [9.17, 15) is 5.11 Å². The van der Waals surface area contributed by atoms with E-state index in [0.29, 0.717) is 23.7 Å². The van der Waals surface area contributed by atoms with Crippen molar-refractivity contribution in [2.75, 3.05) is 13.7 Å². The summed E-state index contributed by atoms with van der Waals surface area (Å²) in [5.41, 5.74) is -0.0549. The normalized spacial score (nSPS) is 22.1. The Morgan fingerprint density at radius 2 is 2.25 bits per heavy atom. The number of hydrogen-bond acceptors (Lipinski definition) is 6. The zero-order valence-corrected chi connectivity index (χ0v) is 11.4. The maximum atomic E-state index is 10.1. The molecule has 1 saturated heterocycles. The molecule has 0 aliphatic carbocycles. The number of aromatic nitrogens is 2. The number of phenols is 1. The van der Waals surface area contributed by atoms with Crippen molar-refractivity contribution in [3.8, 4) is 23.0 Å². The smallest absolute Gasteiger partial charge is 0.261 e. The van der Waals surface area contributed by atoms with Gasteiger partial charge in [-0.15, -0.1) is 0 Å². The largest absolute Gasteiger partial charge is 0.504 e. The zero-order valence-electron chi connectivity index (χ0n) is 11.4. The topological polar surface area (TPSA) is 77.6 Å². The third kappa shape index (κ3) is 2.02. The van der Waals surface area contributed by atoms with E-state index in [-0.39, 0.29) is 11.6 Å². The van der Waals surface area contributed by atoms with E-state index in [2.05, 4.69) is 10.1 Å². The van der Waals surface area contributed by atoms with Crippen molar-refractivity contribution in [1.29, 1.82) is 0 Å². The van der Waals surface area contributed by atoms with Crippen molar-refractivity contribution >= 4 is 0 Å². The highest BCUT2D eigenvalue weighted by molar-refractivity contribution is 5.66. The number of phenolic OH excluding ortho intramolecular Hbond substituents is 1. The van der Waals surface area contributed by atoms with Crippen LogP contribution in [0.3, 0.4) is 0 Å². The highest BCUT2D eigenvalue weighted by Crippen LogP contribution is 2.38. The Hall–Kier alpha value is -2.08. The van der Waals surface area contributed by atoms with Crippen LogP contribution in [0, 0.1) is 0 Å². The number of para-hydroxylation sites is 1. The first-order valence-corrected chi connectivity index (χ1v) is 6.48. The molecule has 2 heterocycles. The number of benzene rings is 1. The molecule has 0 bridgehead atoms. The summed E-state index contributed by atoms with van der Waals surface area (Å²) in [7, 11) is 1.49. The summed E-state index contributed by atoms with van der Waals surface area (Å²) in [4.78, 5) is 4.35. The fourth-order valence-corrected chi connectivity index (χ4v) is 2.36. The molecule has 6 nitrogen and oxygen atoms in total. The quantitative estimate of drug-likeness (QED) is 0.928. The van der Waals surface area contributed by atoms with Crippen LogP contribution in [-0.4, -0.2) is 29.0 Å². The van der Waals surface area contributed by atoms with Gasteiger partial charge in [0, 0.05) is 6.61 Å². The molecule has 106 valence electrons. The second kappa shape index (κ2) is 4.79. The van der Waals surface area contributed by atoms with Gasteiger partial charge in [-0.05, 0) is 31.9 Å². The predicted octanol–water partition coefficient (Wildman–Crippen LogP) is 2.48. The summed E-state index contributed by atoms with van der Waals surface area (Å²) in [5.74, 6) is 1.12. The molecule has 0 amide bonds. The minimum atomic E-state index is -0.504. The Labute approximate surface area is 116 Å². The fourth-order valence-electron chi connectivity index (χ4n) is 2.36. The number of nitrogens with zero attached hydrogens (tertiary/aromatic N) is 2. The van der Waals surface area contributed by atoms with E-state index in [4.69, 9.17) is 14.0 Å². The molecule has 0 saturated carbocycles. The molecule has 3 rings (SSSR count). The highest BCUT2D eigenvalue weighted by atomic mass is 16.5. The lowest BCUT2D eigenvalue weighted by Crippen LogP contribution is -2.21. The van der Waals surface area contributed by atoms with Crippen LogP contribution in [0.5, 0.6) is 11.5 Å². The molecule has 6 heteroatoms. The third-order valence-corrected chi connectivity index (χ3v) is 3.57. The number of hydrogen-bond donors (Lipinski definition) is 1. The monoisotopic (exact) mass is 276 g/mol. The van der Waals surface area contributed by atoms with E-state index in [1.54, 1.807) is 18.2 Å². The maximum Gasteiger partial charge on any atom is 0.261 e. The summed E-state index contributed by atoms with van der Waals surface area (Å²) in [6.07, 6.45) is 1.83. The Balaban J connectivity index is 1.98. The first-order valence-electron chi connectivity index (χ1n) is 6.48. The van der Waals surface area contributed by atoms with Crippen molar-refractivity contribution in [3.63, 3.8) is 0 Å². The Bertz CT molecular complexity index is 617. The van der Waals surface area contributed by atoms with Gasteiger partial charge >= 0.3 is 0 Å². The van der Waals surface area contributed by atoms with Crippen molar-refractivity contribution in [2.45, 2.75) is 25.4 Å². The van der Waals surface area contributed by atoms with Crippen LogP contribution in [0.4, 0.5) is 0 Å². The Kier molecular flexibility index (Phi) is 3.10. The average molecular weight is 276 g/mol. The van der Waals surface area contributed by atoms with E-state index in [0.717, 1.165) is 12.8 Å². The van der Waals surface area contributed by atoms with Gasteiger partial charge in [-0.25, -0.2) is 0 Å². The molecular weight excluding hydrogens is 260 g/mol. The van der Waals surface area contributed by atoms with Gasteiger partial charge < -0.3 is 19.1 Å². The number of methoxy groups -OCH3 is 1. The summed E-state index contributed by atoms with van der Waals surface area (Å²) in [6, 6.07) is 5.12. The van der Waals surface area contributed by atoms with Gasteiger partial charge in [0.15, 0.2) is 11.5 Å². The minimum Gasteiger partial charge on any atom is -0.504 e. The van der Waals surface area contributed by atoms with Gasteiger partial charge in [0.05, 0.1) is 12.7 Å². The number of rotatable bonds is 3. The van der Waals surface area contributed by atoms with Gasteiger partial charge in [-0.2, -0.15) is 4.98 Å². The first kappa shape index (κ1) is 12.9. The standard InChI is InChI=1S/C14H16N2O4/c1-14(7-4-8-19-14)13-15-12(20-16-13)9-5-3-6-10(18-2)11(9)17/h3,5-6,17H,4,7-8H2,1-2H3. The summed E-state index contributed by atoms with van der Waals surface area (Å²) in [6.45, 7) is 2.64. The van der Waals surface area contributed by atoms with Crippen molar-refractivity contribution in [3.05, 3.63) is 24.0 Å². The molecule has 1 fully saturated rings. The minimum absolute atomic E-state index is 0.0114. The SMILES string of the molecule is COc1cccc(-c2nc(C3(C)CCCO3)no2)c1O. The van der Waals surface area contributed by atoms with Crippen LogP contribution in [0.2, 0.25) is 0 Å². The molecule has 2 aromatic rings. The van der Waals surface area contributed by atoms with Crippen LogP contribution in [0.1, 0.15) is 25.6 Å². The van der Waals surface area contributed by atoms with Gasteiger partial charge in [0.2, 0.25) is 5.82 Å². The Morgan fingerprint density at radius 1 is 1.40 bits per heavy atom. The summed E-state index contributed by atoms with van der Waals surface area (Å²) >= 11 is 0. The van der Waals surface area contributed by atoms with Gasteiger partial charge in [0.1, 0.15) is 5.60 Å². The second-order valence-corrected chi connectivity index (χ2v) is 4.96. The molecule has 20 heavy (non-hydrogen) atoms. The van der Waals surface area contributed by atoms with Crippen LogP contribution in [0.15, 0.2) is 22.7 Å². The molecule has 1 atom stereocenters. The average Bonchev–Trinajstić information content (AvgIpc) is 3.09. The number of aromatic hydroxyl groups is 1. The van der Waals surface area contributed by atoms with E-state index in [1.165, 1.54) is 7.11 Å². The molecule has 1 aromatic carbocycles. The lowest BCUT2D eigenvalue weighted by atomic mass is 10.0. The van der Waals surface area contributed by atoms with Crippen LogP contribution >= 0.6 is 0 Å². The van der Waals surface area contributed by atoms with Crippen LogP contribution in [0.25, 0.3) is 11.5 Å². The second-order valence-electron chi connectivity index (χ2n) is 4.96. The first-order chi connectivity index (χ1) is 9.64. The van der Waals surface area contributed by atoms with Crippen molar-refractivity contribution < 1.29 is 19.1 Å². The fraction of sp³-hybridized carbons (Fsp3) is 0.429. The Morgan fingerprint density at radius 3 is 2.95 bits per heavy atom. The van der Waals surface area contributed by atoms with E-state index in [1.807, 2.05) is 6.92 Å². The summed E-state index contributed by atoms with van der Waals surface area (Å²) < 4.78 is 16.0. The molecule has 1 aromatic heterocycles. The molecule has 1 aliphatic heterocycles. The molecule has 1 N–H and O–H groups in total. The van der Waals surface area contributed by atoms with Gasteiger partial charge in [-0.3, -0.25) is 0 Å². The number of ether oxygens (including phenoxy) is 2. The zero-order chi connectivity index (χ0) is 14.2. The predicted molar refractivity (Wildman–Crippen MR) is 70.5 cm³/mol. The molecule has 1 unspecified atom stereocenters. The third-order valence-electron chi connectivity index (χ3n) is 3.57. The molecule has 0 spiro atoms. The van der Waals surface area contributed by atoms with Crippen LogP contribution in [-0.2, 0) is 10.3 Å². The van der Waals surface area contributed by atoms with E-state index >= 15 is 0 Å². The molecular formula is C14H16N2O4. The lowest BCUT2D eigenvalue weighted by Gasteiger charge is -2.17. The van der Waals surface area contributed by atoms with Crippen molar-refractivity contribution in [2.24, 2.45) is 0 Å². The summed E-state index contributed by atoms with van der Waals surface area (Å²) in [5, 5.41) is 14.1. The van der Waals surface area contributed by atoms with Crippen molar-refractivity contribution in [1.82, 2.24) is 10.1 Å². The molecule has 1 aliphatic rings. The molecule has 0 radical (unpaired) electrons. The highest BCUT2D eigenvalue weighted by Gasteiger charge is 2.37. The lowest BCUT2D eigenvalue weighted by molar-refractivity contribution is 0.00768. The van der Waals surface area contributed by atoms with Gasteiger partial charge in [0.25, 0.3) is 5.89 Å². The maximum absolute atomic E-state index is 10.1.